The summed E-state index contributed by atoms with van der Waals surface area (Å²) in [5.41, 5.74) is 1.57. The molecule has 0 saturated carbocycles. The number of rotatable bonds is 7. The Labute approximate surface area is 265 Å². The number of hydrogen-bond acceptors (Lipinski definition) is 10. The number of hydrogen-bond donors (Lipinski definition) is 3. The van der Waals surface area contributed by atoms with Crippen molar-refractivity contribution in [3.8, 4) is 11.6 Å². The minimum Gasteiger partial charge on any atom is -0.744 e. The van der Waals surface area contributed by atoms with E-state index >= 15 is 0 Å². The zero-order valence-electron chi connectivity index (χ0n) is 20.4. The third-order valence-corrected chi connectivity index (χ3v) is 7.07. The summed E-state index contributed by atoms with van der Waals surface area (Å²) in [5.74, 6) is -2.00. The van der Waals surface area contributed by atoms with Gasteiger partial charge in [0.2, 0.25) is 5.88 Å². The number of aromatic amines is 1. The molecule has 39 heavy (non-hydrogen) atoms. The molecule has 1 fully saturated rings. The van der Waals surface area contributed by atoms with Gasteiger partial charge in [-0.15, -0.1) is 0 Å². The molecule has 0 bridgehead atoms. The Hall–Kier alpha value is -2.25. The first-order chi connectivity index (χ1) is 17.3. The van der Waals surface area contributed by atoms with E-state index in [9.17, 15) is 45.4 Å². The Morgan fingerprint density at radius 1 is 0.821 bits per heavy atom. The molecule has 0 spiro atoms. The van der Waals surface area contributed by atoms with Crippen LogP contribution in [-0.2, 0) is 36.2 Å². The molecule has 2 aromatic carbocycles. The van der Waals surface area contributed by atoms with Gasteiger partial charge in [-0.25, -0.2) is 26.5 Å². The van der Waals surface area contributed by atoms with Crippen LogP contribution in [0.5, 0.6) is 5.88 Å². The van der Waals surface area contributed by atoms with Gasteiger partial charge in [-0.05, 0) is 61.4 Å². The van der Waals surface area contributed by atoms with Gasteiger partial charge in [-0.3, -0.25) is 24.9 Å². The fraction of sp³-hybridized carbons (Fsp3) is 0.0952. The largest absolute Gasteiger partial charge is 1.00 e. The molecular weight excluding hydrogens is 578 g/mol. The smallest absolute Gasteiger partial charge is 0.744 e. The van der Waals surface area contributed by atoms with Crippen molar-refractivity contribution >= 4 is 37.7 Å². The number of allylic oxidation sites excluding steroid dienone is 1. The zero-order chi connectivity index (χ0) is 27.1. The van der Waals surface area contributed by atoms with Crippen LogP contribution in [0.15, 0.2) is 74.8 Å². The number of nitrogens with one attached hydrogen (secondary N) is 2. The normalized spacial score (nSPS) is 14.6. The number of hydrazine groups is 1. The first-order valence-electron chi connectivity index (χ1n) is 10.3. The molecule has 1 aliphatic rings. The van der Waals surface area contributed by atoms with E-state index in [1.54, 1.807) is 0 Å². The monoisotopic (exact) mass is 594 g/mol. The molecule has 194 valence electrons. The second-order valence-corrected chi connectivity index (χ2v) is 10.5. The molecule has 1 saturated heterocycles. The molecular formula is C21H16N4Na2O10S2. The van der Waals surface area contributed by atoms with E-state index in [2.05, 4.69) is 10.5 Å². The minimum absolute atomic E-state index is 0. The average molecular weight is 594 g/mol. The molecule has 1 aromatic heterocycles. The van der Waals surface area contributed by atoms with Crippen LogP contribution < -0.4 is 75.1 Å². The van der Waals surface area contributed by atoms with Crippen LogP contribution in [0.4, 0.5) is 5.69 Å². The van der Waals surface area contributed by atoms with Gasteiger partial charge in [-0.1, -0.05) is 6.08 Å². The second-order valence-electron chi connectivity index (χ2n) is 7.71. The fourth-order valence-electron chi connectivity index (χ4n) is 3.55. The summed E-state index contributed by atoms with van der Waals surface area (Å²) in [5, 5.41) is 13.7. The minimum atomic E-state index is -4.69. The molecule has 0 atom stereocenters. The van der Waals surface area contributed by atoms with Crippen LogP contribution in [0, 0.1) is 0 Å². The van der Waals surface area contributed by atoms with E-state index in [1.807, 2.05) is 0 Å². The Balaban J connectivity index is 0.00000267. The number of aromatic hydroxyl groups is 1. The predicted molar refractivity (Wildman–Crippen MR) is 122 cm³/mol. The first kappa shape index (κ1) is 33.0. The van der Waals surface area contributed by atoms with Crippen molar-refractivity contribution < 1.29 is 99.8 Å². The molecule has 2 heterocycles. The Morgan fingerprint density at radius 3 is 1.79 bits per heavy atom. The number of amides is 2. The molecule has 4 rings (SSSR count). The van der Waals surface area contributed by atoms with Crippen LogP contribution in [0.1, 0.15) is 12.0 Å². The molecule has 2 amide bonds. The van der Waals surface area contributed by atoms with E-state index in [0.717, 1.165) is 34.0 Å². The predicted octanol–water partition coefficient (Wildman–Crippen LogP) is -6.38. The van der Waals surface area contributed by atoms with Crippen LogP contribution in [0.25, 0.3) is 5.69 Å². The SMILES string of the molecule is O=C1NN(c2ccc(S(=O)(=O)[O-])cc2)C(=O)/C1=C\CCc1c(O)n(-c2ccc(S(=O)(=O)[O-])cc2)[nH]c1=O.[Na+].[Na+]. The van der Waals surface area contributed by atoms with Crippen LogP contribution >= 0.6 is 0 Å². The second kappa shape index (κ2) is 12.5. The van der Waals surface area contributed by atoms with Gasteiger partial charge >= 0.3 is 59.1 Å². The summed E-state index contributed by atoms with van der Waals surface area (Å²) in [6.45, 7) is 0. The summed E-state index contributed by atoms with van der Waals surface area (Å²) in [7, 11) is -9.36. The van der Waals surface area contributed by atoms with Crippen molar-refractivity contribution in [2.75, 3.05) is 5.01 Å². The van der Waals surface area contributed by atoms with E-state index in [1.165, 1.54) is 30.3 Å². The maximum Gasteiger partial charge on any atom is 1.00 e. The number of benzene rings is 2. The van der Waals surface area contributed by atoms with Crippen LogP contribution in [0.2, 0.25) is 0 Å². The fourth-order valence-corrected chi connectivity index (χ4v) is 4.49. The van der Waals surface area contributed by atoms with Crippen molar-refractivity contribution in [2.24, 2.45) is 0 Å². The summed E-state index contributed by atoms with van der Waals surface area (Å²) in [6.07, 6.45) is 1.17. The van der Waals surface area contributed by atoms with Gasteiger partial charge in [0, 0.05) is 0 Å². The van der Waals surface area contributed by atoms with Gasteiger partial charge < -0.3 is 14.2 Å². The van der Waals surface area contributed by atoms with E-state index in [4.69, 9.17) is 0 Å². The summed E-state index contributed by atoms with van der Waals surface area (Å²) < 4.78 is 67.3. The maximum absolute atomic E-state index is 12.7. The van der Waals surface area contributed by atoms with Gasteiger partial charge in [0.1, 0.15) is 25.8 Å². The van der Waals surface area contributed by atoms with E-state index < -0.39 is 53.3 Å². The summed E-state index contributed by atoms with van der Waals surface area (Å²) in [6, 6.07) is 8.78. The number of H-pyrrole nitrogens is 1. The molecule has 3 N–H and O–H groups in total. The molecule has 18 heteroatoms. The van der Waals surface area contributed by atoms with Crippen LogP contribution in [-0.4, -0.2) is 52.6 Å². The molecule has 14 nitrogen and oxygen atoms in total. The Morgan fingerprint density at radius 2 is 1.31 bits per heavy atom. The Bertz CT molecular complexity index is 1710. The van der Waals surface area contributed by atoms with E-state index in [-0.39, 0.29) is 94.5 Å². The van der Waals surface area contributed by atoms with Crippen molar-refractivity contribution in [3.63, 3.8) is 0 Å². The van der Waals surface area contributed by atoms with Gasteiger partial charge in [0.15, 0.2) is 0 Å². The van der Waals surface area contributed by atoms with Crippen molar-refractivity contribution in [2.45, 2.75) is 22.6 Å². The van der Waals surface area contributed by atoms with Crippen molar-refractivity contribution in [1.29, 1.82) is 0 Å². The van der Waals surface area contributed by atoms with Crippen molar-refractivity contribution in [3.05, 3.63) is 76.1 Å². The summed E-state index contributed by atoms with van der Waals surface area (Å²) >= 11 is 0. The summed E-state index contributed by atoms with van der Waals surface area (Å²) in [4.78, 5) is 36.3. The maximum atomic E-state index is 12.7. The average Bonchev–Trinajstić information content (AvgIpc) is 3.28. The van der Waals surface area contributed by atoms with E-state index in [0.29, 0.717) is 0 Å². The first-order valence-corrected chi connectivity index (χ1v) is 13.1. The number of aromatic nitrogens is 2. The Kier molecular flexibility index (Phi) is 10.6. The van der Waals surface area contributed by atoms with Gasteiger partial charge in [0.05, 0.1) is 26.7 Å². The molecule has 0 unspecified atom stereocenters. The van der Waals surface area contributed by atoms with Crippen LogP contribution in [0.3, 0.4) is 0 Å². The van der Waals surface area contributed by atoms with Gasteiger partial charge in [0.25, 0.3) is 17.4 Å². The number of carbonyl (C=O) groups is 2. The third kappa shape index (κ3) is 7.10. The molecule has 0 radical (unpaired) electrons. The molecule has 0 aliphatic carbocycles. The number of anilines is 1. The molecule has 1 aliphatic heterocycles. The topological polar surface area (TPSA) is 222 Å². The number of carbonyl (C=O) groups excluding carboxylic acids is 2. The zero-order valence-corrected chi connectivity index (χ0v) is 26.1. The molecule has 3 aromatic rings. The third-order valence-electron chi connectivity index (χ3n) is 5.37. The van der Waals surface area contributed by atoms with Crippen molar-refractivity contribution in [1.82, 2.24) is 15.2 Å². The quantitative estimate of drug-likeness (QED) is 0.102. The number of nitrogens with zero attached hydrogens (tertiary/aromatic N) is 2. The van der Waals surface area contributed by atoms with Gasteiger partial charge in [-0.2, -0.15) is 0 Å². The standard InChI is InChI=1S/C21H18N4O10S2.2Na/c26-18-16(20(28)24(22-18)12-4-8-14(9-5-12)36(30,31)32)2-1-3-17-19(27)23-25(21(17)29)13-6-10-15(11-7-13)37(33,34)35;;/h2,4-11,29H,1,3H2,(H,22,26)(H,23,27)(H,30,31,32)(H,33,34,35);;/q;2*+1/p-2/b16-2-;;.